The SMILES string of the molecule is COCc1cc(=S)nc(Cc2ccccc2F)[nH]1. The van der Waals surface area contributed by atoms with E-state index >= 15 is 0 Å². The molecule has 0 aliphatic rings. The summed E-state index contributed by atoms with van der Waals surface area (Å²) in [5.74, 6) is 0.399. The molecule has 0 amide bonds. The van der Waals surface area contributed by atoms with Crippen molar-refractivity contribution in [2.45, 2.75) is 13.0 Å². The van der Waals surface area contributed by atoms with E-state index in [9.17, 15) is 4.39 Å². The molecule has 18 heavy (non-hydrogen) atoms. The van der Waals surface area contributed by atoms with Crippen LogP contribution in [0.1, 0.15) is 17.1 Å². The van der Waals surface area contributed by atoms with Crippen LogP contribution in [-0.4, -0.2) is 17.1 Å². The van der Waals surface area contributed by atoms with Crippen LogP contribution in [0.3, 0.4) is 0 Å². The second-order valence-electron chi connectivity index (χ2n) is 3.89. The summed E-state index contributed by atoms with van der Waals surface area (Å²) < 4.78 is 19.0. The summed E-state index contributed by atoms with van der Waals surface area (Å²) in [6.07, 6.45) is 0.383. The van der Waals surface area contributed by atoms with Gasteiger partial charge in [-0.1, -0.05) is 30.4 Å². The van der Waals surface area contributed by atoms with E-state index in [1.165, 1.54) is 6.07 Å². The summed E-state index contributed by atoms with van der Waals surface area (Å²) in [5.41, 5.74) is 1.43. The van der Waals surface area contributed by atoms with Crippen molar-refractivity contribution in [3.8, 4) is 0 Å². The molecule has 0 saturated heterocycles. The lowest BCUT2D eigenvalue weighted by Gasteiger charge is -2.06. The Kier molecular flexibility index (Phi) is 4.17. The number of ether oxygens (including phenoxy) is 1. The van der Waals surface area contributed by atoms with Crippen molar-refractivity contribution < 1.29 is 9.13 Å². The van der Waals surface area contributed by atoms with Gasteiger partial charge in [-0.2, -0.15) is 0 Å². The van der Waals surface area contributed by atoms with E-state index in [1.54, 1.807) is 31.4 Å². The summed E-state index contributed by atoms with van der Waals surface area (Å²) >= 11 is 5.07. The monoisotopic (exact) mass is 264 g/mol. The third-order valence-electron chi connectivity index (χ3n) is 2.46. The molecule has 0 saturated carbocycles. The minimum atomic E-state index is -0.240. The smallest absolute Gasteiger partial charge is 0.130 e. The molecule has 0 atom stereocenters. The number of benzene rings is 1. The van der Waals surface area contributed by atoms with Crippen molar-refractivity contribution >= 4 is 12.2 Å². The Bertz CT molecular complexity index is 598. The van der Waals surface area contributed by atoms with Gasteiger partial charge in [0, 0.05) is 19.2 Å². The standard InChI is InChI=1S/C13H13FN2OS/c1-17-8-10-7-13(18)16-12(15-10)6-9-4-2-3-5-11(9)14/h2-5,7H,6,8H2,1H3,(H,15,16,18). The Morgan fingerprint density at radius 2 is 2.17 bits per heavy atom. The number of nitrogens with zero attached hydrogens (tertiary/aromatic N) is 1. The van der Waals surface area contributed by atoms with Crippen molar-refractivity contribution in [2.75, 3.05) is 7.11 Å². The molecule has 0 radical (unpaired) electrons. The molecule has 1 heterocycles. The van der Waals surface area contributed by atoms with Crippen LogP contribution in [0.15, 0.2) is 30.3 Å². The fourth-order valence-electron chi connectivity index (χ4n) is 1.70. The molecule has 0 unspecified atom stereocenters. The summed E-state index contributed by atoms with van der Waals surface area (Å²) in [6.45, 7) is 0.427. The Hall–Kier alpha value is -1.59. The van der Waals surface area contributed by atoms with E-state index in [0.717, 1.165) is 5.69 Å². The lowest BCUT2D eigenvalue weighted by atomic mass is 10.1. The summed E-state index contributed by atoms with van der Waals surface area (Å²) in [5, 5.41) is 0. The highest BCUT2D eigenvalue weighted by Crippen LogP contribution is 2.11. The second kappa shape index (κ2) is 5.84. The highest BCUT2D eigenvalue weighted by atomic mass is 32.1. The van der Waals surface area contributed by atoms with Gasteiger partial charge < -0.3 is 9.72 Å². The molecular weight excluding hydrogens is 251 g/mol. The first kappa shape index (κ1) is 12.9. The van der Waals surface area contributed by atoms with E-state index < -0.39 is 0 Å². The highest BCUT2D eigenvalue weighted by molar-refractivity contribution is 7.71. The maximum absolute atomic E-state index is 13.5. The zero-order valence-corrected chi connectivity index (χ0v) is 10.8. The van der Waals surface area contributed by atoms with E-state index in [1.807, 2.05) is 0 Å². The number of rotatable bonds is 4. The minimum absolute atomic E-state index is 0.240. The van der Waals surface area contributed by atoms with Crippen LogP contribution >= 0.6 is 12.2 Å². The lowest BCUT2D eigenvalue weighted by molar-refractivity contribution is 0.181. The molecule has 3 nitrogen and oxygen atoms in total. The zero-order valence-electron chi connectivity index (χ0n) is 9.94. The zero-order chi connectivity index (χ0) is 13.0. The average molecular weight is 264 g/mol. The fourth-order valence-corrected chi connectivity index (χ4v) is 1.96. The molecular formula is C13H13FN2OS. The highest BCUT2D eigenvalue weighted by Gasteiger charge is 2.05. The van der Waals surface area contributed by atoms with E-state index in [0.29, 0.717) is 29.1 Å². The van der Waals surface area contributed by atoms with Gasteiger partial charge in [-0.3, -0.25) is 0 Å². The fraction of sp³-hybridized carbons (Fsp3) is 0.231. The summed E-state index contributed by atoms with van der Waals surface area (Å²) in [4.78, 5) is 7.28. The molecule has 1 N–H and O–H groups in total. The molecule has 0 aliphatic heterocycles. The molecule has 1 aromatic carbocycles. The van der Waals surface area contributed by atoms with E-state index in [-0.39, 0.29) is 5.82 Å². The number of hydrogen-bond acceptors (Lipinski definition) is 3. The molecule has 0 fully saturated rings. The Morgan fingerprint density at radius 1 is 1.39 bits per heavy atom. The molecule has 0 aliphatic carbocycles. The number of H-pyrrole nitrogens is 1. The third kappa shape index (κ3) is 3.21. The number of halogens is 1. The predicted octanol–water partition coefficient (Wildman–Crippen LogP) is 3.02. The minimum Gasteiger partial charge on any atom is -0.378 e. The van der Waals surface area contributed by atoms with Crippen LogP contribution in [0, 0.1) is 10.5 Å². The predicted molar refractivity (Wildman–Crippen MR) is 69.3 cm³/mol. The Labute approximate surface area is 110 Å². The number of hydrogen-bond donors (Lipinski definition) is 1. The quantitative estimate of drug-likeness (QED) is 0.863. The summed E-state index contributed by atoms with van der Waals surface area (Å²) in [7, 11) is 1.61. The first-order valence-electron chi connectivity index (χ1n) is 5.50. The first-order chi connectivity index (χ1) is 8.69. The van der Waals surface area contributed by atoms with Crippen molar-refractivity contribution in [3.05, 3.63) is 57.9 Å². The van der Waals surface area contributed by atoms with Crippen LogP contribution in [0.2, 0.25) is 0 Å². The number of methoxy groups -OCH3 is 1. The Balaban J connectivity index is 2.29. The van der Waals surface area contributed by atoms with E-state index in [2.05, 4.69) is 9.97 Å². The molecule has 5 heteroatoms. The summed E-state index contributed by atoms with van der Waals surface area (Å²) in [6, 6.07) is 8.37. The molecule has 2 aromatic rings. The van der Waals surface area contributed by atoms with Crippen LogP contribution in [-0.2, 0) is 17.8 Å². The van der Waals surface area contributed by atoms with Gasteiger partial charge in [-0.15, -0.1) is 0 Å². The average Bonchev–Trinajstić information content (AvgIpc) is 2.32. The topological polar surface area (TPSA) is 37.9 Å². The number of nitrogens with one attached hydrogen (secondary N) is 1. The molecule has 1 aromatic heterocycles. The van der Waals surface area contributed by atoms with Crippen molar-refractivity contribution in [3.63, 3.8) is 0 Å². The van der Waals surface area contributed by atoms with E-state index in [4.69, 9.17) is 17.0 Å². The lowest BCUT2D eigenvalue weighted by Crippen LogP contribution is -2.03. The third-order valence-corrected chi connectivity index (χ3v) is 2.67. The van der Waals surface area contributed by atoms with Gasteiger partial charge in [0.25, 0.3) is 0 Å². The maximum atomic E-state index is 13.5. The van der Waals surface area contributed by atoms with Crippen molar-refractivity contribution in [2.24, 2.45) is 0 Å². The number of aromatic amines is 1. The molecule has 2 rings (SSSR count). The van der Waals surface area contributed by atoms with Crippen molar-refractivity contribution in [1.29, 1.82) is 0 Å². The molecule has 0 spiro atoms. The van der Waals surface area contributed by atoms with Crippen LogP contribution < -0.4 is 0 Å². The van der Waals surface area contributed by atoms with Gasteiger partial charge in [0.15, 0.2) is 0 Å². The van der Waals surface area contributed by atoms with Gasteiger partial charge >= 0.3 is 0 Å². The van der Waals surface area contributed by atoms with Crippen LogP contribution in [0.4, 0.5) is 4.39 Å². The van der Waals surface area contributed by atoms with Crippen LogP contribution in [0.25, 0.3) is 0 Å². The molecule has 94 valence electrons. The van der Waals surface area contributed by atoms with Gasteiger partial charge in [-0.25, -0.2) is 9.37 Å². The Morgan fingerprint density at radius 3 is 2.89 bits per heavy atom. The van der Waals surface area contributed by atoms with Gasteiger partial charge in [0.05, 0.1) is 6.61 Å². The van der Waals surface area contributed by atoms with Gasteiger partial charge in [-0.05, 0) is 17.7 Å². The second-order valence-corrected chi connectivity index (χ2v) is 4.31. The number of aromatic nitrogens is 2. The molecule has 0 bridgehead atoms. The largest absolute Gasteiger partial charge is 0.378 e. The van der Waals surface area contributed by atoms with Crippen LogP contribution in [0.5, 0.6) is 0 Å². The van der Waals surface area contributed by atoms with Gasteiger partial charge in [0.1, 0.15) is 16.3 Å². The first-order valence-corrected chi connectivity index (χ1v) is 5.91. The van der Waals surface area contributed by atoms with Crippen molar-refractivity contribution in [1.82, 2.24) is 9.97 Å². The van der Waals surface area contributed by atoms with Gasteiger partial charge in [0.2, 0.25) is 0 Å². The maximum Gasteiger partial charge on any atom is 0.130 e. The normalized spacial score (nSPS) is 10.6.